The number of aromatic nitrogens is 1. The second-order valence-electron chi connectivity index (χ2n) is 1.83. The van der Waals surface area contributed by atoms with Gasteiger partial charge in [-0.1, -0.05) is 0 Å². The Kier molecular flexibility index (Phi) is 2.69. The van der Waals surface area contributed by atoms with Crippen LogP contribution in [0.5, 0.6) is 0 Å². The van der Waals surface area contributed by atoms with Gasteiger partial charge in [-0.2, -0.15) is 4.39 Å². The summed E-state index contributed by atoms with van der Waals surface area (Å²) in [4.78, 5) is 3.01. The summed E-state index contributed by atoms with van der Waals surface area (Å²) in [6.07, 6.45) is -2.71. The first-order chi connectivity index (χ1) is 5.09. The van der Waals surface area contributed by atoms with E-state index in [0.29, 0.717) is 3.57 Å². The number of rotatable bonds is 1. The van der Waals surface area contributed by atoms with Gasteiger partial charge in [0.2, 0.25) is 5.95 Å². The molecular weight excluding hydrogens is 270 g/mol. The van der Waals surface area contributed by atoms with Crippen molar-refractivity contribution in [1.29, 1.82) is 0 Å². The zero-order valence-corrected chi connectivity index (χ0v) is 7.35. The molecule has 1 rings (SSSR count). The van der Waals surface area contributed by atoms with Crippen molar-refractivity contribution in [3.05, 3.63) is 27.3 Å². The summed E-state index contributed by atoms with van der Waals surface area (Å²) in [7, 11) is 0. The lowest BCUT2D eigenvalue weighted by atomic mass is 10.4. The maximum atomic E-state index is 12.3. The Bertz CT molecular complexity index is 244. The van der Waals surface area contributed by atoms with E-state index in [-0.39, 0.29) is 0 Å². The van der Waals surface area contributed by atoms with E-state index in [1.807, 2.05) is 0 Å². The van der Waals surface area contributed by atoms with Crippen molar-refractivity contribution in [2.45, 2.75) is 6.43 Å². The molecular formula is C6H3F3IN. The van der Waals surface area contributed by atoms with Crippen molar-refractivity contribution in [2.24, 2.45) is 0 Å². The largest absolute Gasteiger partial charge is 0.280 e. The Balaban J connectivity index is 3.08. The number of halogens is 4. The van der Waals surface area contributed by atoms with Gasteiger partial charge in [-0.15, -0.1) is 0 Å². The number of hydrogen-bond acceptors (Lipinski definition) is 1. The van der Waals surface area contributed by atoms with E-state index >= 15 is 0 Å². The summed E-state index contributed by atoms with van der Waals surface area (Å²) in [6, 6.07) is 2.24. The van der Waals surface area contributed by atoms with E-state index in [9.17, 15) is 13.2 Å². The molecule has 0 aliphatic rings. The minimum Gasteiger partial charge on any atom is -0.219 e. The van der Waals surface area contributed by atoms with Crippen LogP contribution in [0.15, 0.2) is 12.1 Å². The molecule has 11 heavy (non-hydrogen) atoms. The van der Waals surface area contributed by atoms with Crippen LogP contribution in [0.3, 0.4) is 0 Å². The molecule has 0 N–H and O–H groups in total. The van der Waals surface area contributed by atoms with Crippen LogP contribution < -0.4 is 0 Å². The average Bonchev–Trinajstić information content (AvgIpc) is 1.85. The van der Waals surface area contributed by atoms with Gasteiger partial charge >= 0.3 is 0 Å². The summed E-state index contributed by atoms with van der Waals surface area (Å²) < 4.78 is 36.5. The van der Waals surface area contributed by atoms with Crippen LogP contribution in [0.4, 0.5) is 13.2 Å². The first kappa shape index (κ1) is 8.76. The first-order valence-electron chi connectivity index (χ1n) is 2.70. The third-order valence-corrected chi connectivity index (χ3v) is 1.63. The van der Waals surface area contributed by atoms with Gasteiger partial charge in [-0.05, 0) is 28.7 Å². The van der Waals surface area contributed by atoms with E-state index < -0.39 is 18.1 Å². The maximum absolute atomic E-state index is 12.3. The fourth-order valence-corrected chi connectivity index (χ4v) is 1.17. The van der Waals surface area contributed by atoms with E-state index in [2.05, 4.69) is 4.98 Å². The van der Waals surface area contributed by atoms with Gasteiger partial charge in [0.25, 0.3) is 6.43 Å². The van der Waals surface area contributed by atoms with Crippen LogP contribution in [0.1, 0.15) is 12.1 Å². The third kappa shape index (κ3) is 2.32. The topological polar surface area (TPSA) is 12.9 Å². The summed E-state index contributed by atoms with van der Waals surface area (Å²) in [5.74, 6) is -0.868. The molecule has 1 aromatic rings. The van der Waals surface area contributed by atoms with Crippen molar-refractivity contribution in [2.75, 3.05) is 0 Å². The van der Waals surface area contributed by atoms with E-state index in [1.165, 1.54) is 0 Å². The molecule has 0 spiro atoms. The maximum Gasteiger partial charge on any atom is 0.280 e. The lowest BCUT2D eigenvalue weighted by molar-refractivity contribution is 0.144. The van der Waals surface area contributed by atoms with Crippen molar-refractivity contribution in [3.63, 3.8) is 0 Å². The highest BCUT2D eigenvalue weighted by atomic mass is 127. The lowest BCUT2D eigenvalue weighted by Crippen LogP contribution is -1.93. The van der Waals surface area contributed by atoms with Crippen molar-refractivity contribution < 1.29 is 13.2 Å². The van der Waals surface area contributed by atoms with Gasteiger partial charge in [0.1, 0.15) is 5.69 Å². The highest BCUT2D eigenvalue weighted by Gasteiger charge is 2.10. The number of hydrogen-bond donors (Lipinski definition) is 0. The molecule has 60 valence electrons. The molecule has 0 aliphatic carbocycles. The summed E-state index contributed by atoms with van der Waals surface area (Å²) in [5, 5.41) is 0. The van der Waals surface area contributed by atoms with Gasteiger partial charge < -0.3 is 0 Å². The number of pyridine rings is 1. The summed E-state index contributed by atoms with van der Waals surface area (Å²) >= 11 is 1.75. The number of alkyl halides is 2. The minimum absolute atomic E-state index is 0.422. The zero-order valence-electron chi connectivity index (χ0n) is 5.19. The van der Waals surface area contributed by atoms with Gasteiger partial charge in [-0.25, -0.2) is 13.8 Å². The highest BCUT2D eigenvalue weighted by Crippen LogP contribution is 2.18. The molecule has 1 nitrogen and oxygen atoms in total. The van der Waals surface area contributed by atoms with Gasteiger partial charge in [0.15, 0.2) is 0 Å². The average molecular weight is 273 g/mol. The van der Waals surface area contributed by atoms with E-state index in [1.54, 1.807) is 22.6 Å². The standard InChI is InChI=1S/C6H3F3IN/c7-5-2-3(10)1-4(11-5)6(8)9/h1-2,6H. The highest BCUT2D eigenvalue weighted by molar-refractivity contribution is 14.1. The van der Waals surface area contributed by atoms with Crippen molar-refractivity contribution in [1.82, 2.24) is 4.98 Å². The molecule has 0 aromatic carbocycles. The minimum atomic E-state index is -2.71. The van der Waals surface area contributed by atoms with Crippen LogP contribution in [-0.4, -0.2) is 4.98 Å². The second-order valence-corrected chi connectivity index (χ2v) is 3.08. The zero-order chi connectivity index (χ0) is 8.43. The molecule has 0 saturated carbocycles. The normalized spacial score (nSPS) is 10.6. The van der Waals surface area contributed by atoms with Crippen molar-refractivity contribution >= 4 is 22.6 Å². The molecule has 0 fully saturated rings. The molecule has 0 amide bonds. The van der Waals surface area contributed by atoms with Gasteiger partial charge in [-0.3, -0.25) is 0 Å². The van der Waals surface area contributed by atoms with Crippen LogP contribution >= 0.6 is 22.6 Å². The molecule has 1 aromatic heterocycles. The Morgan fingerprint density at radius 1 is 1.36 bits per heavy atom. The quantitative estimate of drug-likeness (QED) is 0.566. The smallest absolute Gasteiger partial charge is 0.219 e. The van der Waals surface area contributed by atoms with Crippen LogP contribution in [0.25, 0.3) is 0 Å². The number of nitrogens with zero attached hydrogens (tertiary/aromatic N) is 1. The fraction of sp³-hybridized carbons (Fsp3) is 0.167. The third-order valence-electron chi connectivity index (χ3n) is 1.00. The van der Waals surface area contributed by atoms with Gasteiger partial charge in [0.05, 0.1) is 0 Å². The SMILES string of the molecule is Fc1cc(I)cc(C(F)F)n1. The lowest BCUT2D eigenvalue weighted by Gasteiger charge is -1.98. The fourth-order valence-electron chi connectivity index (χ4n) is 0.596. The Hall–Kier alpha value is -0.330. The first-order valence-corrected chi connectivity index (χ1v) is 3.78. The molecule has 0 bridgehead atoms. The van der Waals surface area contributed by atoms with E-state index in [0.717, 1.165) is 12.1 Å². The Morgan fingerprint density at radius 2 is 2.00 bits per heavy atom. The second kappa shape index (κ2) is 3.38. The van der Waals surface area contributed by atoms with Crippen LogP contribution in [-0.2, 0) is 0 Å². The Morgan fingerprint density at radius 3 is 2.45 bits per heavy atom. The Labute approximate surface area is 74.8 Å². The predicted octanol–water partition coefficient (Wildman–Crippen LogP) is 2.76. The van der Waals surface area contributed by atoms with Crippen LogP contribution in [0.2, 0.25) is 0 Å². The summed E-state index contributed by atoms with van der Waals surface area (Å²) in [5.41, 5.74) is -0.519. The van der Waals surface area contributed by atoms with Gasteiger partial charge in [0, 0.05) is 9.64 Å². The molecule has 0 aliphatic heterocycles. The van der Waals surface area contributed by atoms with E-state index in [4.69, 9.17) is 0 Å². The van der Waals surface area contributed by atoms with Crippen molar-refractivity contribution in [3.8, 4) is 0 Å². The molecule has 0 radical (unpaired) electrons. The summed E-state index contributed by atoms with van der Waals surface area (Å²) in [6.45, 7) is 0. The van der Waals surface area contributed by atoms with Crippen LogP contribution in [0, 0.1) is 9.52 Å². The molecule has 5 heteroatoms. The molecule has 0 unspecified atom stereocenters. The molecule has 0 saturated heterocycles. The molecule has 1 heterocycles. The predicted molar refractivity (Wildman–Crippen MR) is 41.9 cm³/mol. The molecule has 0 atom stereocenters. The monoisotopic (exact) mass is 273 g/mol.